The normalized spacial score (nSPS) is 29.4. The van der Waals surface area contributed by atoms with E-state index in [-0.39, 0.29) is 0 Å². The van der Waals surface area contributed by atoms with E-state index in [0.717, 1.165) is 50.2 Å². The summed E-state index contributed by atoms with van der Waals surface area (Å²) in [5, 5.41) is 4.92. The summed E-state index contributed by atoms with van der Waals surface area (Å²) in [7, 11) is 0. The van der Waals surface area contributed by atoms with Crippen molar-refractivity contribution in [2.75, 3.05) is 26.4 Å². The van der Waals surface area contributed by atoms with Crippen LogP contribution in [0.2, 0.25) is 0 Å². The predicted octanol–water partition coefficient (Wildman–Crippen LogP) is 3.22. The maximum Gasteiger partial charge on any atom is 0.156 e. The van der Waals surface area contributed by atoms with E-state index in [1.807, 2.05) is 0 Å². The SMILES string of the molecule is Cc1ccc(-n2nc(C3CCOC3)nc2C2C[C@@H]3COC[C@H]3C2)cc1. The van der Waals surface area contributed by atoms with Crippen molar-refractivity contribution >= 4 is 0 Å². The monoisotopic (exact) mass is 339 g/mol. The summed E-state index contributed by atoms with van der Waals surface area (Å²) in [6.07, 6.45) is 3.38. The minimum Gasteiger partial charge on any atom is -0.381 e. The second-order valence-corrected chi connectivity index (χ2v) is 7.86. The second-order valence-electron chi connectivity index (χ2n) is 7.86. The van der Waals surface area contributed by atoms with E-state index < -0.39 is 0 Å². The van der Waals surface area contributed by atoms with Crippen molar-refractivity contribution in [3.63, 3.8) is 0 Å². The number of aromatic nitrogens is 3. The van der Waals surface area contributed by atoms with Gasteiger partial charge in [0.25, 0.3) is 0 Å². The zero-order valence-electron chi connectivity index (χ0n) is 14.7. The number of ether oxygens (including phenoxy) is 2. The van der Waals surface area contributed by atoms with Gasteiger partial charge in [-0.25, -0.2) is 9.67 Å². The molecule has 1 aromatic carbocycles. The lowest BCUT2D eigenvalue weighted by Crippen LogP contribution is -2.08. The van der Waals surface area contributed by atoms with Crippen LogP contribution in [0.15, 0.2) is 24.3 Å². The molecule has 0 radical (unpaired) electrons. The van der Waals surface area contributed by atoms with Crippen LogP contribution in [0.1, 0.15) is 48.3 Å². The van der Waals surface area contributed by atoms with Gasteiger partial charge in [-0.2, -0.15) is 5.10 Å². The van der Waals surface area contributed by atoms with Gasteiger partial charge in [0.05, 0.1) is 12.3 Å². The summed E-state index contributed by atoms with van der Waals surface area (Å²) in [4.78, 5) is 5.03. The molecule has 0 bridgehead atoms. The van der Waals surface area contributed by atoms with Crippen molar-refractivity contribution in [1.82, 2.24) is 14.8 Å². The minimum atomic E-state index is 0.342. The fourth-order valence-electron chi connectivity index (χ4n) is 4.59. The first-order valence-corrected chi connectivity index (χ1v) is 9.47. The fourth-order valence-corrected chi connectivity index (χ4v) is 4.59. The van der Waals surface area contributed by atoms with Crippen molar-refractivity contribution in [2.24, 2.45) is 11.8 Å². The molecule has 3 aliphatic rings. The van der Waals surface area contributed by atoms with Crippen molar-refractivity contribution < 1.29 is 9.47 Å². The lowest BCUT2D eigenvalue weighted by atomic mass is 10.0. The lowest BCUT2D eigenvalue weighted by Gasteiger charge is -2.12. The van der Waals surface area contributed by atoms with Gasteiger partial charge in [-0.15, -0.1) is 0 Å². The summed E-state index contributed by atoms with van der Waals surface area (Å²) >= 11 is 0. The number of aryl methyl sites for hydroxylation is 1. The number of rotatable bonds is 3. The molecule has 2 aliphatic heterocycles. The molecule has 2 saturated heterocycles. The van der Waals surface area contributed by atoms with Gasteiger partial charge < -0.3 is 9.47 Å². The third-order valence-electron chi connectivity index (χ3n) is 6.09. The zero-order chi connectivity index (χ0) is 16.8. The van der Waals surface area contributed by atoms with Crippen molar-refractivity contribution in [1.29, 1.82) is 0 Å². The Morgan fingerprint density at radius 3 is 2.40 bits per heavy atom. The van der Waals surface area contributed by atoms with Gasteiger partial charge in [-0.05, 0) is 50.2 Å². The Labute approximate surface area is 148 Å². The van der Waals surface area contributed by atoms with Crippen molar-refractivity contribution in [3.8, 4) is 5.69 Å². The third kappa shape index (κ3) is 2.79. The zero-order valence-corrected chi connectivity index (χ0v) is 14.7. The Kier molecular flexibility index (Phi) is 3.86. The predicted molar refractivity (Wildman–Crippen MR) is 94.0 cm³/mol. The molecule has 0 N–H and O–H groups in total. The topological polar surface area (TPSA) is 49.2 Å². The molecule has 1 aliphatic carbocycles. The van der Waals surface area contributed by atoms with E-state index in [2.05, 4.69) is 35.9 Å². The smallest absolute Gasteiger partial charge is 0.156 e. The van der Waals surface area contributed by atoms with E-state index in [0.29, 0.717) is 23.7 Å². The molecule has 3 atom stereocenters. The highest BCUT2D eigenvalue weighted by Crippen LogP contribution is 2.45. The average molecular weight is 339 g/mol. The van der Waals surface area contributed by atoms with Crippen LogP contribution < -0.4 is 0 Å². The Balaban J connectivity index is 1.52. The van der Waals surface area contributed by atoms with Crippen molar-refractivity contribution in [3.05, 3.63) is 41.5 Å². The molecule has 1 unspecified atom stereocenters. The molecule has 5 rings (SSSR count). The number of hydrogen-bond acceptors (Lipinski definition) is 4. The molecule has 1 saturated carbocycles. The summed E-state index contributed by atoms with van der Waals surface area (Å²) in [5.41, 5.74) is 2.38. The first-order chi connectivity index (χ1) is 12.3. The standard InChI is InChI=1S/C20H25N3O2/c1-13-2-4-18(5-3-13)23-20(15-8-16-11-25-12-17(16)9-15)21-19(22-23)14-6-7-24-10-14/h2-5,14-17H,6-12H2,1H3/t14?,16-,17-/m1/s1. The maximum atomic E-state index is 5.65. The molecular weight excluding hydrogens is 314 g/mol. The quantitative estimate of drug-likeness (QED) is 0.861. The maximum absolute atomic E-state index is 5.65. The van der Waals surface area contributed by atoms with Crippen LogP contribution in [0.3, 0.4) is 0 Å². The number of hydrogen-bond donors (Lipinski definition) is 0. The van der Waals surface area contributed by atoms with Crippen LogP contribution in [0.4, 0.5) is 0 Å². The Morgan fingerprint density at radius 2 is 1.72 bits per heavy atom. The van der Waals surface area contributed by atoms with Gasteiger partial charge in [0, 0.05) is 31.7 Å². The van der Waals surface area contributed by atoms with Gasteiger partial charge in [0.2, 0.25) is 0 Å². The van der Waals surface area contributed by atoms with Crippen LogP contribution >= 0.6 is 0 Å². The fraction of sp³-hybridized carbons (Fsp3) is 0.600. The summed E-state index contributed by atoms with van der Waals surface area (Å²) in [6.45, 7) is 5.53. The van der Waals surface area contributed by atoms with Crippen LogP contribution in [0, 0.1) is 18.8 Å². The Hall–Kier alpha value is -1.72. The summed E-state index contributed by atoms with van der Waals surface area (Å²) in [5.74, 6) is 4.33. The first-order valence-electron chi connectivity index (χ1n) is 9.47. The molecule has 3 fully saturated rings. The summed E-state index contributed by atoms with van der Waals surface area (Å²) in [6, 6.07) is 8.61. The minimum absolute atomic E-state index is 0.342. The Bertz CT molecular complexity index is 737. The first kappa shape index (κ1) is 15.5. The molecule has 132 valence electrons. The van der Waals surface area contributed by atoms with Gasteiger partial charge in [0.15, 0.2) is 5.82 Å². The molecule has 5 nitrogen and oxygen atoms in total. The third-order valence-corrected chi connectivity index (χ3v) is 6.09. The van der Waals surface area contributed by atoms with E-state index in [9.17, 15) is 0 Å². The van der Waals surface area contributed by atoms with Gasteiger partial charge in [-0.3, -0.25) is 0 Å². The van der Waals surface area contributed by atoms with Crippen LogP contribution in [0.5, 0.6) is 0 Å². The highest BCUT2D eigenvalue weighted by Gasteiger charge is 2.41. The molecule has 0 spiro atoms. The number of benzene rings is 1. The highest BCUT2D eigenvalue weighted by atomic mass is 16.5. The molecule has 1 aromatic heterocycles. The molecule has 25 heavy (non-hydrogen) atoms. The Morgan fingerprint density at radius 1 is 0.960 bits per heavy atom. The van der Waals surface area contributed by atoms with Gasteiger partial charge >= 0.3 is 0 Å². The summed E-state index contributed by atoms with van der Waals surface area (Å²) < 4.78 is 13.3. The molecule has 0 amide bonds. The molecule has 2 aromatic rings. The van der Waals surface area contributed by atoms with Crippen molar-refractivity contribution in [2.45, 2.75) is 38.0 Å². The van der Waals surface area contributed by atoms with Crippen LogP contribution in [-0.2, 0) is 9.47 Å². The molecular formula is C20H25N3O2. The van der Waals surface area contributed by atoms with Gasteiger partial charge in [-0.1, -0.05) is 17.7 Å². The number of fused-ring (bicyclic) bond motifs is 1. The van der Waals surface area contributed by atoms with E-state index in [1.54, 1.807) is 0 Å². The molecule has 5 heteroatoms. The number of nitrogens with zero attached hydrogens (tertiary/aromatic N) is 3. The van der Waals surface area contributed by atoms with E-state index in [4.69, 9.17) is 19.6 Å². The average Bonchev–Trinajstić information content (AvgIpc) is 3.37. The highest BCUT2D eigenvalue weighted by molar-refractivity contribution is 5.35. The largest absolute Gasteiger partial charge is 0.381 e. The van der Waals surface area contributed by atoms with Gasteiger partial charge in [0.1, 0.15) is 5.82 Å². The van der Waals surface area contributed by atoms with E-state index in [1.165, 1.54) is 18.4 Å². The lowest BCUT2D eigenvalue weighted by molar-refractivity contribution is 0.171. The molecule has 3 heterocycles. The van der Waals surface area contributed by atoms with Crippen LogP contribution in [-0.4, -0.2) is 41.2 Å². The van der Waals surface area contributed by atoms with E-state index >= 15 is 0 Å². The van der Waals surface area contributed by atoms with Crippen LogP contribution in [0.25, 0.3) is 5.69 Å². The second kappa shape index (κ2) is 6.22.